The number of rotatable bonds is 8. The lowest BCUT2D eigenvalue weighted by Crippen LogP contribution is -2.47. The number of carbonyl (C=O) groups is 1. The van der Waals surface area contributed by atoms with Crippen LogP contribution >= 0.6 is 0 Å². The van der Waals surface area contributed by atoms with Crippen molar-refractivity contribution in [2.75, 3.05) is 50.7 Å². The van der Waals surface area contributed by atoms with Gasteiger partial charge in [-0.05, 0) is 44.0 Å². The number of unbranched alkanes of at least 4 members (excludes halogenated alkanes) is 1. The van der Waals surface area contributed by atoms with Crippen LogP contribution in [0.2, 0.25) is 0 Å². The summed E-state index contributed by atoms with van der Waals surface area (Å²) < 4.78 is 0. The van der Waals surface area contributed by atoms with Crippen molar-refractivity contribution in [1.29, 1.82) is 0 Å². The zero-order chi connectivity index (χ0) is 16.5. The Kier molecular flexibility index (Phi) is 7.36. The maximum atomic E-state index is 11.8. The number of piperazine rings is 1. The van der Waals surface area contributed by atoms with E-state index < -0.39 is 0 Å². The molecular formula is C18H30N4O. The molecular weight excluding hydrogens is 288 g/mol. The smallest absolute Gasteiger partial charge is 0.221 e. The van der Waals surface area contributed by atoms with Crippen molar-refractivity contribution in [2.24, 2.45) is 5.73 Å². The topological polar surface area (TPSA) is 61.6 Å². The Hall–Kier alpha value is -1.59. The molecule has 0 atom stereocenters. The Morgan fingerprint density at radius 3 is 2.70 bits per heavy atom. The van der Waals surface area contributed by atoms with Crippen molar-refractivity contribution in [3.8, 4) is 0 Å². The van der Waals surface area contributed by atoms with Crippen LogP contribution in [-0.2, 0) is 4.79 Å². The minimum absolute atomic E-state index is 0.156. The van der Waals surface area contributed by atoms with Gasteiger partial charge in [0.15, 0.2) is 0 Å². The van der Waals surface area contributed by atoms with E-state index in [2.05, 4.69) is 46.3 Å². The fourth-order valence-corrected chi connectivity index (χ4v) is 2.90. The van der Waals surface area contributed by atoms with Crippen LogP contribution in [0.5, 0.6) is 0 Å². The molecule has 0 saturated carbocycles. The van der Waals surface area contributed by atoms with Gasteiger partial charge in [0, 0.05) is 51.4 Å². The first-order valence-electron chi connectivity index (χ1n) is 8.70. The van der Waals surface area contributed by atoms with E-state index in [4.69, 9.17) is 5.73 Å². The van der Waals surface area contributed by atoms with Gasteiger partial charge in [0.1, 0.15) is 0 Å². The normalized spacial score (nSPS) is 15.7. The van der Waals surface area contributed by atoms with Crippen LogP contribution in [0.15, 0.2) is 24.3 Å². The number of anilines is 1. The van der Waals surface area contributed by atoms with Gasteiger partial charge in [-0.2, -0.15) is 0 Å². The summed E-state index contributed by atoms with van der Waals surface area (Å²) in [5, 5.41) is 2.97. The van der Waals surface area contributed by atoms with Crippen LogP contribution in [0.1, 0.15) is 24.8 Å². The number of nitrogens with two attached hydrogens (primary N) is 1. The molecule has 1 fully saturated rings. The third-order valence-electron chi connectivity index (χ3n) is 4.35. The van der Waals surface area contributed by atoms with Gasteiger partial charge in [-0.15, -0.1) is 0 Å². The highest BCUT2D eigenvalue weighted by molar-refractivity contribution is 5.76. The van der Waals surface area contributed by atoms with Crippen LogP contribution in [0.3, 0.4) is 0 Å². The van der Waals surface area contributed by atoms with E-state index in [-0.39, 0.29) is 5.91 Å². The molecule has 1 aromatic rings. The average Bonchev–Trinajstić information content (AvgIpc) is 2.57. The number of aryl methyl sites for hydroxylation is 1. The zero-order valence-electron chi connectivity index (χ0n) is 14.3. The molecule has 23 heavy (non-hydrogen) atoms. The van der Waals surface area contributed by atoms with Crippen molar-refractivity contribution in [3.63, 3.8) is 0 Å². The molecule has 0 bridgehead atoms. The number of nitrogens with one attached hydrogen (secondary N) is 1. The predicted molar refractivity (Wildman–Crippen MR) is 95.7 cm³/mol. The number of benzene rings is 1. The third kappa shape index (κ3) is 6.20. The van der Waals surface area contributed by atoms with E-state index in [0.717, 1.165) is 52.1 Å². The molecule has 1 aromatic carbocycles. The molecule has 5 nitrogen and oxygen atoms in total. The SMILES string of the molecule is Cc1cccc(N2CCN(CCC(=O)NCCCCN)CC2)c1. The Bertz CT molecular complexity index is 484. The number of hydrogen-bond acceptors (Lipinski definition) is 4. The standard InChI is InChI=1S/C18H30N4O/c1-16-5-4-6-17(15-16)22-13-11-21(12-14-22)10-7-18(23)20-9-3-2-8-19/h4-6,15H,2-3,7-14,19H2,1H3,(H,20,23). The largest absolute Gasteiger partial charge is 0.369 e. The van der Waals surface area contributed by atoms with Crippen molar-refractivity contribution >= 4 is 11.6 Å². The molecule has 5 heteroatoms. The summed E-state index contributed by atoms with van der Waals surface area (Å²) in [5.74, 6) is 0.156. The van der Waals surface area contributed by atoms with Crippen LogP contribution < -0.4 is 16.0 Å². The van der Waals surface area contributed by atoms with Crippen LogP contribution in [0.4, 0.5) is 5.69 Å². The molecule has 128 valence electrons. The molecule has 1 aliphatic rings. The highest BCUT2D eigenvalue weighted by Gasteiger charge is 2.17. The highest BCUT2D eigenvalue weighted by atomic mass is 16.1. The first-order valence-corrected chi connectivity index (χ1v) is 8.70. The van der Waals surface area contributed by atoms with Gasteiger partial charge in [-0.25, -0.2) is 0 Å². The molecule has 1 saturated heterocycles. The second-order valence-electron chi connectivity index (χ2n) is 6.26. The van der Waals surface area contributed by atoms with Crippen molar-refractivity contribution < 1.29 is 4.79 Å². The van der Waals surface area contributed by atoms with E-state index in [1.165, 1.54) is 11.3 Å². The van der Waals surface area contributed by atoms with Gasteiger partial charge < -0.3 is 16.0 Å². The molecule has 0 aromatic heterocycles. The lowest BCUT2D eigenvalue weighted by Gasteiger charge is -2.36. The molecule has 0 aliphatic carbocycles. The lowest BCUT2D eigenvalue weighted by molar-refractivity contribution is -0.121. The molecule has 0 radical (unpaired) electrons. The highest BCUT2D eigenvalue weighted by Crippen LogP contribution is 2.17. The van der Waals surface area contributed by atoms with Crippen LogP contribution in [0, 0.1) is 6.92 Å². The van der Waals surface area contributed by atoms with Crippen molar-refractivity contribution in [1.82, 2.24) is 10.2 Å². The quantitative estimate of drug-likeness (QED) is 0.711. The summed E-state index contributed by atoms with van der Waals surface area (Å²) in [6.45, 7) is 8.53. The summed E-state index contributed by atoms with van der Waals surface area (Å²) in [5.41, 5.74) is 8.05. The fourth-order valence-electron chi connectivity index (χ4n) is 2.90. The predicted octanol–water partition coefficient (Wildman–Crippen LogP) is 1.36. The molecule has 0 unspecified atom stereocenters. The fraction of sp³-hybridized carbons (Fsp3) is 0.611. The average molecular weight is 318 g/mol. The van der Waals surface area contributed by atoms with Crippen LogP contribution in [-0.4, -0.2) is 56.6 Å². The molecule has 1 amide bonds. The summed E-state index contributed by atoms with van der Waals surface area (Å²) >= 11 is 0. The number of nitrogens with zero attached hydrogens (tertiary/aromatic N) is 2. The number of amides is 1. The third-order valence-corrected chi connectivity index (χ3v) is 4.35. The van der Waals surface area contributed by atoms with Gasteiger partial charge in [-0.1, -0.05) is 12.1 Å². The van der Waals surface area contributed by atoms with Gasteiger partial charge in [0.05, 0.1) is 0 Å². The Balaban J connectivity index is 1.64. The maximum absolute atomic E-state index is 11.8. The number of carbonyl (C=O) groups excluding carboxylic acids is 1. The first-order chi connectivity index (χ1) is 11.2. The van der Waals surface area contributed by atoms with Gasteiger partial charge in [0.25, 0.3) is 0 Å². The molecule has 1 aliphatic heterocycles. The Morgan fingerprint density at radius 1 is 1.22 bits per heavy atom. The molecule has 2 rings (SSSR count). The summed E-state index contributed by atoms with van der Waals surface area (Å²) in [6, 6.07) is 8.67. The van der Waals surface area contributed by atoms with Crippen LogP contribution in [0.25, 0.3) is 0 Å². The van der Waals surface area contributed by atoms with Crippen molar-refractivity contribution in [2.45, 2.75) is 26.2 Å². The Labute approximate surface area is 139 Å². The maximum Gasteiger partial charge on any atom is 0.221 e. The van der Waals surface area contributed by atoms with E-state index >= 15 is 0 Å². The molecule has 0 spiro atoms. The summed E-state index contributed by atoms with van der Waals surface area (Å²) in [4.78, 5) is 16.6. The monoisotopic (exact) mass is 318 g/mol. The van der Waals surface area contributed by atoms with E-state index in [9.17, 15) is 4.79 Å². The van der Waals surface area contributed by atoms with Gasteiger partial charge >= 0.3 is 0 Å². The summed E-state index contributed by atoms with van der Waals surface area (Å²) in [7, 11) is 0. The zero-order valence-corrected chi connectivity index (χ0v) is 14.3. The van der Waals surface area contributed by atoms with Crippen molar-refractivity contribution in [3.05, 3.63) is 29.8 Å². The van der Waals surface area contributed by atoms with Gasteiger partial charge in [-0.3, -0.25) is 9.69 Å². The first kappa shape index (κ1) is 17.8. The lowest BCUT2D eigenvalue weighted by atomic mass is 10.2. The molecule has 3 N–H and O–H groups in total. The minimum Gasteiger partial charge on any atom is -0.369 e. The van der Waals surface area contributed by atoms with Gasteiger partial charge in [0.2, 0.25) is 5.91 Å². The summed E-state index contributed by atoms with van der Waals surface area (Å²) in [6.07, 6.45) is 2.53. The number of hydrogen-bond donors (Lipinski definition) is 2. The van der Waals surface area contributed by atoms with E-state index in [1.807, 2.05) is 0 Å². The second-order valence-corrected chi connectivity index (χ2v) is 6.26. The second kappa shape index (κ2) is 9.53. The molecule has 1 heterocycles. The minimum atomic E-state index is 0.156. The van der Waals surface area contributed by atoms with E-state index in [1.54, 1.807) is 0 Å². The Morgan fingerprint density at radius 2 is 2.00 bits per heavy atom. The van der Waals surface area contributed by atoms with E-state index in [0.29, 0.717) is 13.0 Å².